The second kappa shape index (κ2) is 5.02. The van der Waals surface area contributed by atoms with Crippen LogP contribution in [-0.2, 0) is 10.0 Å². The lowest BCUT2D eigenvalue weighted by atomic mass is 10.3. The monoisotopic (exact) mass is 344 g/mol. The summed E-state index contributed by atoms with van der Waals surface area (Å²) in [5, 5.41) is 5.70. The Bertz CT molecular complexity index is 752. The molecule has 0 saturated heterocycles. The van der Waals surface area contributed by atoms with Crippen LogP contribution >= 0.6 is 15.9 Å². The molecule has 0 bridgehead atoms. The number of nitrogens with two attached hydrogens (primary N) is 1. The van der Waals surface area contributed by atoms with E-state index in [1.54, 1.807) is 0 Å². The van der Waals surface area contributed by atoms with Crippen molar-refractivity contribution >= 4 is 37.5 Å². The Hall–Kier alpha value is -1.87. The van der Waals surface area contributed by atoms with Gasteiger partial charge in [-0.2, -0.15) is 5.10 Å². The van der Waals surface area contributed by atoms with Crippen molar-refractivity contribution in [2.75, 3.05) is 10.5 Å². The summed E-state index contributed by atoms with van der Waals surface area (Å²) in [5.41, 5.74) is 5.56. The summed E-state index contributed by atoms with van der Waals surface area (Å²) in [6, 6.07) is 6.76. The Kier molecular flexibility index (Phi) is 3.58. The predicted octanol–water partition coefficient (Wildman–Crippen LogP) is 0.915. The number of nitrogens with zero attached hydrogens (tertiary/aromatic N) is 1. The smallest absolute Gasteiger partial charge is 0.264 e. The second-order valence-electron chi connectivity index (χ2n) is 3.60. The fraction of sp³-hybridized carbons (Fsp3) is 0. The number of hydrogen-bond acceptors (Lipinski definition) is 5. The van der Waals surface area contributed by atoms with Gasteiger partial charge >= 0.3 is 0 Å². The van der Waals surface area contributed by atoms with Gasteiger partial charge in [-0.1, -0.05) is 0 Å². The van der Waals surface area contributed by atoms with Crippen LogP contribution in [0.3, 0.4) is 0 Å². The normalized spacial score (nSPS) is 11.2. The molecule has 0 aliphatic rings. The number of benzene rings is 1. The zero-order chi connectivity index (χ0) is 14.0. The number of hydrogen-bond donors (Lipinski definition) is 3. The molecular formula is C10H9BrN4O3S. The molecule has 0 radical (unpaired) electrons. The highest BCUT2D eigenvalue weighted by Crippen LogP contribution is 2.25. The summed E-state index contributed by atoms with van der Waals surface area (Å²) >= 11 is 3.13. The average Bonchev–Trinajstić information content (AvgIpc) is 2.31. The highest BCUT2D eigenvalue weighted by molar-refractivity contribution is 9.10. The molecule has 19 heavy (non-hydrogen) atoms. The van der Waals surface area contributed by atoms with Crippen LogP contribution in [0, 0.1) is 0 Å². The van der Waals surface area contributed by atoms with E-state index in [1.807, 2.05) is 0 Å². The van der Waals surface area contributed by atoms with Crippen molar-refractivity contribution in [3.63, 3.8) is 0 Å². The summed E-state index contributed by atoms with van der Waals surface area (Å²) in [7, 11) is -3.81. The fourth-order valence-electron chi connectivity index (χ4n) is 1.33. The average molecular weight is 345 g/mol. The molecule has 1 aromatic carbocycles. The third-order valence-electron chi connectivity index (χ3n) is 2.16. The molecule has 7 nitrogen and oxygen atoms in total. The Morgan fingerprint density at radius 3 is 2.58 bits per heavy atom. The number of rotatable bonds is 3. The number of halogens is 1. The summed E-state index contributed by atoms with van der Waals surface area (Å²) in [6.07, 6.45) is 0. The fourth-order valence-corrected chi connectivity index (χ4v) is 3.43. The molecule has 0 spiro atoms. The molecule has 0 fully saturated rings. The Balaban J connectivity index is 2.37. The van der Waals surface area contributed by atoms with E-state index in [2.05, 4.69) is 30.8 Å². The van der Waals surface area contributed by atoms with Gasteiger partial charge in [0, 0.05) is 16.2 Å². The largest absolute Gasteiger partial charge is 0.399 e. The van der Waals surface area contributed by atoms with Gasteiger partial charge in [0.15, 0.2) is 5.82 Å². The van der Waals surface area contributed by atoms with Gasteiger partial charge < -0.3 is 5.73 Å². The maximum Gasteiger partial charge on any atom is 0.264 e. The standard InChI is InChI=1S/C10H9BrN4O3S/c11-7-5-6(12)1-2-8(7)19(17,18)15-9-3-4-10(16)14-13-9/h1-5H,12H2,(H,13,15)(H,14,16). The minimum absolute atomic E-state index is 0.0170. The molecule has 0 aliphatic carbocycles. The van der Waals surface area contributed by atoms with Gasteiger partial charge in [-0.15, -0.1) is 0 Å². The number of H-pyrrole nitrogens is 1. The molecule has 2 aromatic rings. The van der Waals surface area contributed by atoms with Gasteiger partial charge in [-0.3, -0.25) is 9.52 Å². The van der Waals surface area contributed by atoms with E-state index in [0.29, 0.717) is 10.2 Å². The lowest BCUT2D eigenvalue weighted by Crippen LogP contribution is -2.16. The van der Waals surface area contributed by atoms with Crippen LogP contribution in [0.15, 0.2) is 44.5 Å². The first-order valence-corrected chi connectivity index (χ1v) is 7.30. The topological polar surface area (TPSA) is 118 Å². The molecular weight excluding hydrogens is 336 g/mol. The van der Waals surface area contributed by atoms with E-state index in [1.165, 1.54) is 30.3 Å². The number of nitrogens with one attached hydrogen (secondary N) is 2. The van der Waals surface area contributed by atoms with Crippen LogP contribution < -0.4 is 16.0 Å². The highest BCUT2D eigenvalue weighted by Gasteiger charge is 2.18. The third kappa shape index (κ3) is 3.12. The van der Waals surface area contributed by atoms with Crippen LogP contribution in [-0.4, -0.2) is 18.6 Å². The molecule has 0 unspecified atom stereocenters. The maximum absolute atomic E-state index is 12.1. The van der Waals surface area contributed by atoms with E-state index >= 15 is 0 Å². The van der Waals surface area contributed by atoms with Crippen molar-refractivity contribution in [3.05, 3.63) is 45.2 Å². The molecule has 0 amide bonds. The highest BCUT2D eigenvalue weighted by atomic mass is 79.9. The van der Waals surface area contributed by atoms with Crippen molar-refractivity contribution in [2.24, 2.45) is 0 Å². The zero-order valence-corrected chi connectivity index (χ0v) is 11.8. The minimum atomic E-state index is -3.81. The molecule has 0 aliphatic heterocycles. The van der Waals surface area contributed by atoms with Crippen molar-refractivity contribution in [1.82, 2.24) is 10.2 Å². The quantitative estimate of drug-likeness (QED) is 0.715. The number of aromatic nitrogens is 2. The zero-order valence-electron chi connectivity index (χ0n) is 9.42. The summed E-state index contributed by atoms with van der Waals surface area (Å²) < 4.78 is 26.8. The van der Waals surface area contributed by atoms with Crippen molar-refractivity contribution in [1.29, 1.82) is 0 Å². The third-order valence-corrected chi connectivity index (χ3v) is 4.49. The van der Waals surface area contributed by atoms with Gasteiger partial charge in [0.05, 0.1) is 0 Å². The maximum atomic E-state index is 12.1. The number of nitrogen functional groups attached to an aromatic ring is 1. The van der Waals surface area contributed by atoms with Crippen molar-refractivity contribution in [2.45, 2.75) is 4.90 Å². The van der Waals surface area contributed by atoms with Crippen molar-refractivity contribution in [3.8, 4) is 0 Å². The van der Waals surface area contributed by atoms with Crippen LogP contribution in [0.1, 0.15) is 0 Å². The van der Waals surface area contributed by atoms with E-state index in [4.69, 9.17) is 5.73 Å². The molecule has 0 atom stereocenters. The van der Waals surface area contributed by atoms with Crippen LogP contribution in [0.5, 0.6) is 0 Å². The summed E-state index contributed by atoms with van der Waals surface area (Å²) in [4.78, 5) is 10.9. The molecule has 0 saturated carbocycles. The molecule has 1 aromatic heterocycles. The van der Waals surface area contributed by atoms with Crippen LogP contribution in [0.25, 0.3) is 0 Å². The number of aromatic amines is 1. The molecule has 100 valence electrons. The first-order valence-electron chi connectivity index (χ1n) is 5.02. The first-order chi connectivity index (χ1) is 8.88. The Morgan fingerprint density at radius 2 is 2.00 bits per heavy atom. The van der Waals surface area contributed by atoms with E-state index in [-0.39, 0.29) is 10.7 Å². The van der Waals surface area contributed by atoms with Crippen molar-refractivity contribution < 1.29 is 8.42 Å². The molecule has 9 heteroatoms. The predicted molar refractivity (Wildman–Crippen MR) is 74.2 cm³/mol. The SMILES string of the molecule is Nc1ccc(S(=O)(=O)Nc2ccc(=O)[nH]n2)c(Br)c1. The lowest BCUT2D eigenvalue weighted by molar-refractivity contribution is 0.600. The van der Waals surface area contributed by atoms with Gasteiger partial charge in [-0.25, -0.2) is 13.5 Å². The lowest BCUT2D eigenvalue weighted by Gasteiger charge is -2.08. The van der Waals surface area contributed by atoms with E-state index < -0.39 is 15.6 Å². The minimum Gasteiger partial charge on any atom is -0.399 e. The van der Waals surface area contributed by atoms with E-state index in [0.717, 1.165) is 0 Å². The first kappa shape index (κ1) is 13.6. The van der Waals surface area contributed by atoms with Gasteiger partial charge in [0.25, 0.3) is 15.6 Å². The van der Waals surface area contributed by atoms with E-state index in [9.17, 15) is 13.2 Å². The number of anilines is 2. The van der Waals surface area contributed by atoms with Crippen LogP contribution in [0.4, 0.5) is 11.5 Å². The van der Waals surface area contributed by atoms with Gasteiger partial charge in [-0.05, 0) is 40.2 Å². The van der Waals surface area contributed by atoms with Crippen LogP contribution in [0.2, 0.25) is 0 Å². The van der Waals surface area contributed by atoms with Gasteiger partial charge in [0.1, 0.15) is 4.90 Å². The second-order valence-corrected chi connectivity index (χ2v) is 6.11. The molecule has 2 rings (SSSR count). The van der Waals surface area contributed by atoms with Gasteiger partial charge in [0.2, 0.25) is 0 Å². The Labute approximate surface area is 117 Å². The molecule has 1 heterocycles. The summed E-state index contributed by atoms with van der Waals surface area (Å²) in [5.74, 6) is 0.0170. The Morgan fingerprint density at radius 1 is 1.26 bits per heavy atom. The summed E-state index contributed by atoms with van der Waals surface area (Å²) in [6.45, 7) is 0. The molecule has 4 N–H and O–H groups in total. The number of sulfonamides is 1.